The monoisotopic (exact) mass is 328 g/mol. The fourth-order valence-electron chi connectivity index (χ4n) is 1.24. The van der Waals surface area contributed by atoms with Crippen molar-refractivity contribution in [2.75, 3.05) is 7.11 Å². The molecule has 0 aliphatic carbocycles. The molecule has 0 bridgehead atoms. The molecule has 19 heavy (non-hydrogen) atoms. The van der Waals surface area contributed by atoms with Gasteiger partial charge in [-0.15, -0.1) is 0 Å². The molecule has 0 aliphatic heterocycles. The Hall–Kier alpha value is -1.69. The van der Waals surface area contributed by atoms with Crippen molar-refractivity contribution in [2.45, 2.75) is 17.9 Å². The van der Waals surface area contributed by atoms with Crippen LogP contribution in [0.1, 0.15) is 12.0 Å². The summed E-state index contributed by atoms with van der Waals surface area (Å²) in [5.41, 5.74) is 0.780. The van der Waals surface area contributed by atoms with Crippen molar-refractivity contribution >= 4 is 33.7 Å². The van der Waals surface area contributed by atoms with Gasteiger partial charge >= 0.3 is 11.9 Å². The van der Waals surface area contributed by atoms with Gasteiger partial charge in [-0.25, -0.2) is 4.79 Å². The third-order valence-corrected chi connectivity index (χ3v) is 3.01. The predicted molar refractivity (Wildman–Crippen MR) is 70.6 cm³/mol. The molecule has 0 radical (unpaired) electrons. The van der Waals surface area contributed by atoms with E-state index in [2.05, 4.69) is 20.7 Å². The van der Waals surface area contributed by atoms with E-state index in [1.807, 2.05) is 6.07 Å². The van der Waals surface area contributed by atoms with Crippen LogP contribution < -0.4 is 0 Å². The molecule has 0 aliphatic rings. The molecule has 0 saturated carbocycles. The highest BCUT2D eigenvalue weighted by atomic mass is 79.9. The number of ether oxygens (including phenoxy) is 2. The Kier molecular flexibility index (Phi) is 6.21. The second kappa shape index (κ2) is 7.68. The maximum atomic E-state index is 11.6. The lowest BCUT2D eigenvalue weighted by molar-refractivity contribution is -0.155. The number of carbonyl (C=O) groups is 3. The van der Waals surface area contributed by atoms with Crippen LogP contribution in [0.4, 0.5) is 0 Å². The number of alkyl halides is 1. The normalized spacial score (nSPS) is 11.5. The van der Waals surface area contributed by atoms with Gasteiger partial charge in [-0.2, -0.15) is 0 Å². The minimum absolute atomic E-state index is 0.0172. The Balaban J connectivity index is 2.44. The van der Waals surface area contributed by atoms with Gasteiger partial charge in [0.15, 0.2) is 0 Å². The van der Waals surface area contributed by atoms with Gasteiger partial charge in [0.25, 0.3) is 5.78 Å². The topological polar surface area (TPSA) is 69.7 Å². The average molecular weight is 329 g/mol. The van der Waals surface area contributed by atoms with E-state index < -0.39 is 22.5 Å². The molecule has 0 spiro atoms. The Morgan fingerprint density at radius 2 is 1.84 bits per heavy atom. The molecule has 0 heterocycles. The lowest BCUT2D eigenvalue weighted by Gasteiger charge is -2.07. The standard InChI is InChI=1S/C13H13BrO5/c1-18-11(15)7-10(14)12(16)13(17)19-8-9-5-3-2-4-6-9/h2-6,10H,7-8H2,1H3. The van der Waals surface area contributed by atoms with Gasteiger partial charge in [0.1, 0.15) is 6.61 Å². The van der Waals surface area contributed by atoms with Crippen molar-refractivity contribution in [3.8, 4) is 0 Å². The summed E-state index contributed by atoms with van der Waals surface area (Å²) in [5, 5.41) is 0. The second-order valence-corrected chi connectivity index (χ2v) is 4.78. The van der Waals surface area contributed by atoms with Gasteiger partial charge < -0.3 is 9.47 Å². The average Bonchev–Trinajstić information content (AvgIpc) is 2.44. The fourth-order valence-corrected chi connectivity index (χ4v) is 1.70. The van der Waals surface area contributed by atoms with Crippen molar-refractivity contribution < 1.29 is 23.9 Å². The zero-order chi connectivity index (χ0) is 14.3. The molecule has 5 nitrogen and oxygen atoms in total. The predicted octanol–water partition coefficient (Wildman–Crippen LogP) is 1.63. The minimum Gasteiger partial charge on any atom is -0.469 e. The van der Waals surface area contributed by atoms with E-state index in [1.165, 1.54) is 7.11 Å². The zero-order valence-corrected chi connectivity index (χ0v) is 11.9. The fraction of sp³-hybridized carbons (Fsp3) is 0.308. The number of esters is 2. The van der Waals surface area contributed by atoms with E-state index >= 15 is 0 Å². The van der Waals surface area contributed by atoms with Crippen LogP contribution in [0.3, 0.4) is 0 Å². The third-order valence-electron chi connectivity index (χ3n) is 2.27. The number of halogens is 1. The second-order valence-electron chi connectivity index (χ2n) is 3.67. The number of ketones is 1. The highest BCUT2D eigenvalue weighted by Gasteiger charge is 2.26. The minimum atomic E-state index is -0.977. The summed E-state index contributed by atoms with van der Waals surface area (Å²) in [6.07, 6.45) is -0.213. The highest BCUT2D eigenvalue weighted by molar-refractivity contribution is 9.10. The van der Waals surface area contributed by atoms with Gasteiger partial charge in [0.05, 0.1) is 18.4 Å². The molecule has 1 aromatic carbocycles. The number of benzene rings is 1. The Morgan fingerprint density at radius 1 is 1.21 bits per heavy atom. The first-order chi connectivity index (χ1) is 9.04. The smallest absolute Gasteiger partial charge is 0.376 e. The summed E-state index contributed by atoms with van der Waals surface area (Å²) in [6, 6.07) is 8.99. The lowest BCUT2D eigenvalue weighted by Crippen LogP contribution is -2.28. The van der Waals surface area contributed by atoms with Crippen LogP contribution in [0.25, 0.3) is 0 Å². The summed E-state index contributed by atoms with van der Waals surface area (Å²) in [7, 11) is 1.21. The van der Waals surface area contributed by atoms with E-state index in [0.29, 0.717) is 0 Å². The van der Waals surface area contributed by atoms with Gasteiger partial charge in [0, 0.05) is 0 Å². The van der Waals surface area contributed by atoms with Gasteiger partial charge in [0.2, 0.25) is 0 Å². The first-order valence-electron chi connectivity index (χ1n) is 5.50. The van der Waals surface area contributed by atoms with E-state index in [4.69, 9.17) is 4.74 Å². The number of rotatable bonds is 6. The number of carbonyl (C=O) groups excluding carboxylic acids is 3. The molecule has 0 saturated heterocycles. The van der Waals surface area contributed by atoms with Crippen molar-refractivity contribution in [1.82, 2.24) is 0 Å². The molecular formula is C13H13BrO5. The first-order valence-corrected chi connectivity index (χ1v) is 6.42. The molecule has 0 N–H and O–H groups in total. The van der Waals surface area contributed by atoms with Crippen LogP contribution >= 0.6 is 15.9 Å². The molecule has 1 rings (SSSR count). The van der Waals surface area contributed by atoms with Gasteiger partial charge in [-0.3, -0.25) is 9.59 Å². The SMILES string of the molecule is COC(=O)CC(Br)C(=O)C(=O)OCc1ccccc1. The largest absolute Gasteiger partial charge is 0.469 e. The summed E-state index contributed by atoms with van der Waals surface area (Å²) in [4.78, 5) is 33.1. The van der Waals surface area contributed by atoms with Crippen LogP contribution in [-0.4, -0.2) is 29.7 Å². The van der Waals surface area contributed by atoms with Gasteiger partial charge in [-0.1, -0.05) is 46.3 Å². The molecule has 6 heteroatoms. The summed E-state index contributed by atoms with van der Waals surface area (Å²) in [6.45, 7) is 0.0172. The Labute approximate surface area is 119 Å². The molecule has 102 valence electrons. The lowest BCUT2D eigenvalue weighted by atomic mass is 10.2. The maximum absolute atomic E-state index is 11.6. The molecule has 1 unspecified atom stereocenters. The van der Waals surface area contributed by atoms with E-state index in [0.717, 1.165) is 5.56 Å². The summed E-state index contributed by atoms with van der Waals surface area (Å²) in [5.74, 6) is -2.36. The molecular weight excluding hydrogens is 316 g/mol. The Bertz CT molecular complexity index is 457. The molecule has 1 atom stereocenters. The zero-order valence-electron chi connectivity index (χ0n) is 10.3. The molecule has 1 aromatic rings. The van der Waals surface area contributed by atoms with Crippen LogP contribution in [0.5, 0.6) is 0 Å². The molecule has 0 fully saturated rings. The van der Waals surface area contributed by atoms with E-state index in [-0.39, 0.29) is 13.0 Å². The van der Waals surface area contributed by atoms with Crippen LogP contribution in [-0.2, 0) is 30.5 Å². The molecule has 0 aromatic heterocycles. The van der Waals surface area contributed by atoms with Crippen LogP contribution in [0.2, 0.25) is 0 Å². The van der Waals surface area contributed by atoms with Gasteiger partial charge in [-0.05, 0) is 5.56 Å². The Morgan fingerprint density at radius 3 is 2.42 bits per heavy atom. The van der Waals surface area contributed by atoms with Crippen molar-refractivity contribution in [2.24, 2.45) is 0 Å². The number of hydrogen-bond donors (Lipinski definition) is 0. The highest BCUT2D eigenvalue weighted by Crippen LogP contribution is 2.10. The van der Waals surface area contributed by atoms with Crippen LogP contribution in [0, 0.1) is 0 Å². The van der Waals surface area contributed by atoms with Crippen LogP contribution in [0.15, 0.2) is 30.3 Å². The maximum Gasteiger partial charge on any atom is 0.376 e. The number of methoxy groups -OCH3 is 1. The van der Waals surface area contributed by atoms with E-state index in [1.54, 1.807) is 24.3 Å². The molecule has 0 amide bonds. The number of Topliss-reactive ketones (excluding diaryl/α,β-unsaturated/α-hetero) is 1. The number of hydrogen-bond acceptors (Lipinski definition) is 5. The first kappa shape index (κ1) is 15.4. The van der Waals surface area contributed by atoms with Crippen molar-refractivity contribution in [1.29, 1.82) is 0 Å². The van der Waals surface area contributed by atoms with E-state index in [9.17, 15) is 14.4 Å². The summed E-state index contributed by atoms with van der Waals surface area (Å²) < 4.78 is 9.26. The van der Waals surface area contributed by atoms with Crippen molar-refractivity contribution in [3.63, 3.8) is 0 Å². The quantitative estimate of drug-likeness (QED) is 0.451. The summed E-state index contributed by atoms with van der Waals surface area (Å²) >= 11 is 2.96. The third kappa shape index (κ3) is 5.21. The van der Waals surface area contributed by atoms with Crippen molar-refractivity contribution in [3.05, 3.63) is 35.9 Å².